The summed E-state index contributed by atoms with van der Waals surface area (Å²) >= 11 is 9.46. The third kappa shape index (κ3) is 2.92. The summed E-state index contributed by atoms with van der Waals surface area (Å²) in [6, 6.07) is 10.7. The van der Waals surface area contributed by atoms with Crippen LogP contribution in [0.2, 0.25) is 5.02 Å². The molecule has 0 fully saturated rings. The fourth-order valence-corrected chi connectivity index (χ4v) is 3.02. The first-order valence-electron chi connectivity index (χ1n) is 6.00. The average molecular weight is 357 g/mol. The lowest BCUT2D eigenvalue weighted by molar-refractivity contribution is 0.382. The van der Waals surface area contributed by atoms with Gasteiger partial charge in [0.05, 0.1) is 25.8 Å². The number of hydrogen-bond acceptors (Lipinski definition) is 3. The first-order chi connectivity index (χ1) is 9.58. The van der Waals surface area contributed by atoms with E-state index in [0.29, 0.717) is 16.5 Å². The molecule has 0 saturated carbocycles. The first kappa shape index (κ1) is 15.2. The lowest BCUT2D eigenvalue weighted by Gasteiger charge is -2.20. The fourth-order valence-electron chi connectivity index (χ4n) is 2.10. The lowest BCUT2D eigenvalue weighted by Crippen LogP contribution is -2.15. The van der Waals surface area contributed by atoms with Crippen LogP contribution in [0, 0.1) is 0 Å². The topological polar surface area (TPSA) is 44.5 Å². The SMILES string of the molecule is COc1cccc(OC)c1C(N)c1ccc(Cl)cc1Br. The Morgan fingerprint density at radius 1 is 1.10 bits per heavy atom. The van der Waals surface area contributed by atoms with E-state index in [1.165, 1.54) is 0 Å². The predicted octanol–water partition coefficient (Wildman–Crippen LogP) is 4.17. The molecule has 106 valence electrons. The number of methoxy groups -OCH3 is 2. The van der Waals surface area contributed by atoms with E-state index in [1.54, 1.807) is 14.2 Å². The Balaban J connectivity index is 2.55. The Kier molecular flexibility index (Phi) is 4.91. The molecule has 1 unspecified atom stereocenters. The summed E-state index contributed by atoms with van der Waals surface area (Å²) < 4.78 is 11.6. The van der Waals surface area contributed by atoms with Crippen molar-refractivity contribution in [2.24, 2.45) is 5.73 Å². The molecule has 0 aromatic heterocycles. The summed E-state index contributed by atoms with van der Waals surface area (Å²) in [5.41, 5.74) is 8.11. The molecule has 0 spiro atoms. The second kappa shape index (κ2) is 6.48. The molecule has 20 heavy (non-hydrogen) atoms. The minimum absolute atomic E-state index is 0.382. The van der Waals surface area contributed by atoms with Gasteiger partial charge in [0.25, 0.3) is 0 Å². The Labute approximate surface area is 131 Å². The van der Waals surface area contributed by atoms with Gasteiger partial charge >= 0.3 is 0 Å². The zero-order chi connectivity index (χ0) is 14.7. The van der Waals surface area contributed by atoms with E-state index in [-0.39, 0.29) is 6.04 Å². The van der Waals surface area contributed by atoms with Gasteiger partial charge in [-0.25, -0.2) is 0 Å². The summed E-state index contributed by atoms with van der Waals surface area (Å²) in [7, 11) is 3.23. The van der Waals surface area contributed by atoms with Crippen LogP contribution in [0.25, 0.3) is 0 Å². The van der Waals surface area contributed by atoms with Crippen LogP contribution >= 0.6 is 27.5 Å². The molecule has 0 aliphatic carbocycles. The molecule has 0 amide bonds. The van der Waals surface area contributed by atoms with E-state index in [2.05, 4.69) is 15.9 Å². The molecule has 0 bridgehead atoms. The summed E-state index contributed by atoms with van der Waals surface area (Å²) in [6.07, 6.45) is 0. The molecule has 1 atom stereocenters. The number of nitrogens with two attached hydrogens (primary N) is 1. The summed E-state index contributed by atoms with van der Waals surface area (Å²) in [4.78, 5) is 0. The highest BCUT2D eigenvalue weighted by atomic mass is 79.9. The van der Waals surface area contributed by atoms with Gasteiger partial charge in [-0.1, -0.05) is 39.7 Å². The molecule has 2 aromatic carbocycles. The third-order valence-corrected chi connectivity index (χ3v) is 4.00. The molecule has 2 rings (SSSR count). The number of benzene rings is 2. The molecule has 5 heteroatoms. The zero-order valence-electron chi connectivity index (χ0n) is 11.2. The molecule has 0 radical (unpaired) electrons. The fraction of sp³-hybridized carbons (Fsp3) is 0.200. The minimum atomic E-state index is -0.382. The van der Waals surface area contributed by atoms with Crippen LogP contribution in [0.4, 0.5) is 0 Å². The van der Waals surface area contributed by atoms with E-state index < -0.39 is 0 Å². The van der Waals surface area contributed by atoms with Crippen molar-refractivity contribution in [1.29, 1.82) is 0 Å². The monoisotopic (exact) mass is 355 g/mol. The maximum absolute atomic E-state index is 6.39. The van der Waals surface area contributed by atoms with E-state index in [4.69, 9.17) is 26.8 Å². The Morgan fingerprint density at radius 3 is 2.20 bits per heavy atom. The van der Waals surface area contributed by atoms with Gasteiger partial charge in [0.2, 0.25) is 0 Å². The third-order valence-electron chi connectivity index (χ3n) is 3.07. The van der Waals surface area contributed by atoms with Gasteiger partial charge in [-0.3, -0.25) is 0 Å². The average Bonchev–Trinajstić information content (AvgIpc) is 2.45. The Hall–Kier alpha value is -1.23. The van der Waals surface area contributed by atoms with Crippen molar-refractivity contribution in [3.05, 3.63) is 57.0 Å². The van der Waals surface area contributed by atoms with E-state index in [1.807, 2.05) is 36.4 Å². The minimum Gasteiger partial charge on any atom is -0.496 e. The summed E-state index contributed by atoms with van der Waals surface area (Å²) in [5, 5.41) is 0.653. The highest BCUT2D eigenvalue weighted by Gasteiger charge is 2.21. The van der Waals surface area contributed by atoms with Crippen molar-refractivity contribution < 1.29 is 9.47 Å². The molecule has 0 saturated heterocycles. The molecule has 0 aliphatic heterocycles. The second-order valence-electron chi connectivity index (χ2n) is 4.22. The van der Waals surface area contributed by atoms with Crippen molar-refractivity contribution in [3.8, 4) is 11.5 Å². The zero-order valence-corrected chi connectivity index (χ0v) is 13.5. The summed E-state index contributed by atoms with van der Waals surface area (Å²) in [5.74, 6) is 1.39. The molecule has 2 aromatic rings. The summed E-state index contributed by atoms with van der Waals surface area (Å²) in [6.45, 7) is 0. The number of hydrogen-bond donors (Lipinski definition) is 1. The van der Waals surface area contributed by atoms with Crippen LogP contribution in [0.15, 0.2) is 40.9 Å². The maximum Gasteiger partial charge on any atom is 0.127 e. The van der Waals surface area contributed by atoms with Gasteiger partial charge < -0.3 is 15.2 Å². The van der Waals surface area contributed by atoms with Crippen molar-refractivity contribution in [1.82, 2.24) is 0 Å². The molecule has 2 N–H and O–H groups in total. The number of halogens is 2. The van der Waals surface area contributed by atoms with Crippen LogP contribution in [-0.4, -0.2) is 14.2 Å². The van der Waals surface area contributed by atoms with Crippen LogP contribution in [0.1, 0.15) is 17.2 Å². The number of rotatable bonds is 4. The molecular formula is C15H15BrClNO2. The van der Waals surface area contributed by atoms with Gasteiger partial charge in [0.15, 0.2) is 0 Å². The largest absolute Gasteiger partial charge is 0.496 e. The van der Waals surface area contributed by atoms with Crippen LogP contribution in [0.3, 0.4) is 0 Å². The predicted molar refractivity (Wildman–Crippen MR) is 84.7 cm³/mol. The van der Waals surface area contributed by atoms with E-state index in [0.717, 1.165) is 15.6 Å². The first-order valence-corrected chi connectivity index (χ1v) is 7.17. The molecule has 0 aliphatic rings. The standard InChI is InChI=1S/C15H15BrClNO2/c1-19-12-4-3-5-13(20-2)14(12)15(18)10-7-6-9(17)8-11(10)16/h3-8,15H,18H2,1-2H3. The van der Waals surface area contributed by atoms with Crippen LogP contribution in [-0.2, 0) is 0 Å². The van der Waals surface area contributed by atoms with Crippen molar-refractivity contribution in [2.45, 2.75) is 6.04 Å². The van der Waals surface area contributed by atoms with Crippen molar-refractivity contribution in [3.63, 3.8) is 0 Å². The quantitative estimate of drug-likeness (QED) is 0.894. The van der Waals surface area contributed by atoms with Crippen molar-refractivity contribution in [2.75, 3.05) is 14.2 Å². The Morgan fingerprint density at radius 2 is 1.70 bits per heavy atom. The molecule has 0 heterocycles. The smallest absolute Gasteiger partial charge is 0.127 e. The Bertz CT molecular complexity index is 597. The van der Waals surface area contributed by atoms with Gasteiger partial charge in [-0.15, -0.1) is 0 Å². The van der Waals surface area contributed by atoms with E-state index in [9.17, 15) is 0 Å². The van der Waals surface area contributed by atoms with Crippen LogP contribution < -0.4 is 15.2 Å². The van der Waals surface area contributed by atoms with Gasteiger partial charge in [-0.05, 0) is 29.8 Å². The highest BCUT2D eigenvalue weighted by molar-refractivity contribution is 9.10. The lowest BCUT2D eigenvalue weighted by atomic mass is 9.98. The van der Waals surface area contributed by atoms with Crippen LogP contribution in [0.5, 0.6) is 11.5 Å². The molecule has 3 nitrogen and oxygen atoms in total. The van der Waals surface area contributed by atoms with Crippen molar-refractivity contribution >= 4 is 27.5 Å². The maximum atomic E-state index is 6.39. The highest BCUT2D eigenvalue weighted by Crippen LogP contribution is 2.38. The molecular weight excluding hydrogens is 342 g/mol. The van der Waals surface area contributed by atoms with E-state index >= 15 is 0 Å². The van der Waals surface area contributed by atoms with Gasteiger partial charge in [0, 0.05) is 9.50 Å². The number of ether oxygens (including phenoxy) is 2. The van der Waals surface area contributed by atoms with Gasteiger partial charge in [0.1, 0.15) is 11.5 Å². The normalized spacial score (nSPS) is 12.1. The second-order valence-corrected chi connectivity index (χ2v) is 5.51. The van der Waals surface area contributed by atoms with Gasteiger partial charge in [-0.2, -0.15) is 0 Å².